The normalized spacial score (nSPS) is 18.0. The van der Waals surface area contributed by atoms with Gasteiger partial charge in [0.05, 0.1) is 17.4 Å². The molecule has 0 bridgehead atoms. The Morgan fingerprint density at radius 3 is 2.70 bits per heavy atom. The fourth-order valence-corrected chi connectivity index (χ4v) is 4.39. The molecule has 0 atom stereocenters. The van der Waals surface area contributed by atoms with Gasteiger partial charge < -0.3 is 15.2 Å². The molecule has 124 valence electrons. The summed E-state index contributed by atoms with van der Waals surface area (Å²) < 4.78 is 25.0. The lowest BCUT2D eigenvalue weighted by Gasteiger charge is -2.34. The first-order valence-corrected chi connectivity index (χ1v) is 9.35. The molecule has 1 aliphatic heterocycles. The van der Waals surface area contributed by atoms with Gasteiger partial charge in [0.15, 0.2) is 14.6 Å². The largest absolute Gasteiger partial charge is 0.334 e. The number of piperidine rings is 1. The number of hydrogen-bond donors (Lipinski definition) is 2. The Balaban J connectivity index is 1.91. The molecular weight excluding hydrogens is 316 g/mol. The number of fused-ring (bicyclic) bond motifs is 1. The van der Waals surface area contributed by atoms with Crippen molar-refractivity contribution in [1.29, 1.82) is 0 Å². The monoisotopic (exact) mass is 336 g/mol. The van der Waals surface area contributed by atoms with Gasteiger partial charge in [-0.25, -0.2) is 13.4 Å². The van der Waals surface area contributed by atoms with E-state index >= 15 is 0 Å². The van der Waals surface area contributed by atoms with Crippen molar-refractivity contribution in [3.63, 3.8) is 0 Å². The van der Waals surface area contributed by atoms with Crippen LogP contribution in [0.1, 0.15) is 12.8 Å². The topological polar surface area (TPSA) is 93.1 Å². The van der Waals surface area contributed by atoms with Crippen molar-refractivity contribution in [3.05, 3.63) is 24.5 Å². The Morgan fingerprint density at radius 1 is 1.35 bits per heavy atom. The lowest BCUT2D eigenvalue weighted by atomic mass is 9.95. The van der Waals surface area contributed by atoms with E-state index in [0.717, 1.165) is 17.3 Å². The van der Waals surface area contributed by atoms with Crippen LogP contribution in [0.15, 0.2) is 24.5 Å². The number of carbonyl (C=O) groups is 1. The molecule has 1 aliphatic rings. The second-order valence-corrected chi connectivity index (χ2v) is 8.36. The molecule has 1 aromatic carbocycles. The quantitative estimate of drug-likeness (QED) is 0.860. The van der Waals surface area contributed by atoms with E-state index in [4.69, 9.17) is 0 Å². The maximum Gasteiger partial charge on any atom is 0.245 e. The molecule has 1 amide bonds. The van der Waals surface area contributed by atoms with Crippen molar-refractivity contribution in [1.82, 2.24) is 14.9 Å². The van der Waals surface area contributed by atoms with Gasteiger partial charge in [-0.3, -0.25) is 4.79 Å². The predicted molar refractivity (Wildman–Crippen MR) is 89.0 cm³/mol. The summed E-state index contributed by atoms with van der Waals surface area (Å²) in [7, 11) is -1.63. The van der Waals surface area contributed by atoms with E-state index in [1.807, 2.05) is 17.7 Å². The molecule has 1 aromatic heterocycles. The Bertz CT molecular complexity index is 851. The number of aryl methyl sites for hydroxylation is 1. The molecule has 0 radical (unpaired) electrons. The maximum atomic E-state index is 12.7. The van der Waals surface area contributed by atoms with Crippen molar-refractivity contribution in [3.8, 4) is 0 Å². The summed E-state index contributed by atoms with van der Waals surface area (Å²) in [5, 5.41) is 5.87. The van der Waals surface area contributed by atoms with Crippen LogP contribution in [0.5, 0.6) is 0 Å². The van der Waals surface area contributed by atoms with E-state index in [1.165, 1.54) is 0 Å². The van der Waals surface area contributed by atoms with Crippen molar-refractivity contribution in [2.24, 2.45) is 7.05 Å². The van der Waals surface area contributed by atoms with Crippen LogP contribution in [0.2, 0.25) is 0 Å². The summed E-state index contributed by atoms with van der Waals surface area (Å²) in [4.78, 5) is 17.0. The third-order valence-electron chi connectivity index (χ3n) is 4.52. The molecule has 7 nitrogen and oxygen atoms in total. The minimum atomic E-state index is -3.52. The second-order valence-electron chi connectivity index (χ2n) is 6.03. The zero-order valence-corrected chi connectivity index (χ0v) is 14.0. The van der Waals surface area contributed by atoms with E-state index in [-0.39, 0.29) is 12.8 Å². The van der Waals surface area contributed by atoms with Gasteiger partial charge in [-0.2, -0.15) is 0 Å². The van der Waals surface area contributed by atoms with E-state index in [2.05, 4.69) is 15.6 Å². The van der Waals surface area contributed by atoms with Crippen LogP contribution in [0, 0.1) is 0 Å². The van der Waals surface area contributed by atoms with Crippen molar-refractivity contribution >= 4 is 32.5 Å². The molecule has 0 saturated carbocycles. The number of nitrogens with one attached hydrogen (secondary N) is 2. The smallest absolute Gasteiger partial charge is 0.245 e. The third-order valence-corrected chi connectivity index (χ3v) is 6.53. The lowest BCUT2D eigenvalue weighted by Crippen LogP contribution is -2.55. The third kappa shape index (κ3) is 2.72. The molecule has 0 unspecified atom stereocenters. The van der Waals surface area contributed by atoms with Crippen LogP contribution in [-0.2, 0) is 21.7 Å². The molecule has 1 saturated heterocycles. The molecule has 1 fully saturated rings. The standard InChI is InChI=1S/C15H20N4O3S/c1-19-10-17-12-9-11(3-4-13(12)19)18-14(20)15(23(2,21)22)5-7-16-8-6-15/h3-4,9-10,16H,5-8H2,1-2H3,(H,18,20). The van der Waals surface area contributed by atoms with E-state index in [1.54, 1.807) is 18.5 Å². The molecule has 23 heavy (non-hydrogen) atoms. The number of nitrogens with zero attached hydrogens (tertiary/aromatic N) is 2. The average Bonchev–Trinajstić information content (AvgIpc) is 2.88. The Labute approximate surface area is 135 Å². The first-order chi connectivity index (χ1) is 10.8. The van der Waals surface area contributed by atoms with Crippen LogP contribution in [0.4, 0.5) is 5.69 Å². The molecule has 8 heteroatoms. The van der Waals surface area contributed by atoms with E-state index in [0.29, 0.717) is 18.8 Å². The van der Waals surface area contributed by atoms with Crippen LogP contribution in [-0.4, -0.2) is 48.0 Å². The predicted octanol–water partition coefficient (Wildman–Crippen LogP) is 0.679. The van der Waals surface area contributed by atoms with Crippen LogP contribution < -0.4 is 10.6 Å². The van der Waals surface area contributed by atoms with Gasteiger partial charge >= 0.3 is 0 Å². The van der Waals surface area contributed by atoms with Gasteiger partial charge in [0.25, 0.3) is 0 Å². The second kappa shape index (κ2) is 5.61. The highest BCUT2D eigenvalue weighted by atomic mass is 32.2. The SMILES string of the molecule is Cn1cnc2cc(NC(=O)C3(S(C)(=O)=O)CCNCC3)ccc21. The zero-order chi connectivity index (χ0) is 16.7. The van der Waals surface area contributed by atoms with Crippen molar-refractivity contribution < 1.29 is 13.2 Å². The minimum Gasteiger partial charge on any atom is -0.334 e. The molecular formula is C15H20N4O3S. The fraction of sp³-hybridized carbons (Fsp3) is 0.467. The number of imidazole rings is 1. The molecule has 2 heterocycles. The highest BCUT2D eigenvalue weighted by Gasteiger charge is 2.48. The molecule has 2 aromatic rings. The maximum absolute atomic E-state index is 12.7. The van der Waals surface area contributed by atoms with Crippen molar-refractivity contribution in [2.75, 3.05) is 24.7 Å². The summed E-state index contributed by atoms with van der Waals surface area (Å²) in [5.74, 6) is -0.461. The number of amides is 1. The van der Waals surface area contributed by atoms with Gasteiger partial charge in [-0.15, -0.1) is 0 Å². The van der Waals surface area contributed by atoms with E-state index in [9.17, 15) is 13.2 Å². The van der Waals surface area contributed by atoms with Crippen molar-refractivity contribution in [2.45, 2.75) is 17.6 Å². The molecule has 0 spiro atoms. The number of aromatic nitrogens is 2. The molecule has 2 N–H and O–H groups in total. The Kier molecular flexibility index (Phi) is 3.89. The summed E-state index contributed by atoms with van der Waals surface area (Å²) in [6.45, 7) is 1.03. The number of benzene rings is 1. The zero-order valence-electron chi connectivity index (χ0n) is 13.2. The first-order valence-electron chi connectivity index (χ1n) is 7.46. The highest BCUT2D eigenvalue weighted by molar-refractivity contribution is 7.92. The fourth-order valence-electron chi connectivity index (χ4n) is 3.06. The van der Waals surface area contributed by atoms with Gasteiger partial charge in [0.1, 0.15) is 0 Å². The molecule has 3 rings (SSSR count). The summed E-state index contributed by atoms with van der Waals surface area (Å²) in [5.41, 5.74) is 2.26. The Hall–Kier alpha value is -1.93. The number of hydrogen-bond acceptors (Lipinski definition) is 5. The van der Waals surface area contributed by atoms with Gasteiger partial charge in [-0.1, -0.05) is 0 Å². The van der Waals surface area contributed by atoms with Gasteiger partial charge in [0.2, 0.25) is 5.91 Å². The highest BCUT2D eigenvalue weighted by Crippen LogP contribution is 2.30. The molecule has 0 aliphatic carbocycles. The summed E-state index contributed by atoms with van der Waals surface area (Å²) in [6.07, 6.45) is 3.40. The first kappa shape index (κ1) is 15.9. The van der Waals surface area contributed by atoms with Gasteiger partial charge in [0, 0.05) is 19.0 Å². The number of anilines is 1. The lowest BCUT2D eigenvalue weighted by molar-refractivity contribution is -0.119. The number of sulfone groups is 1. The number of carbonyl (C=O) groups excluding carboxylic acids is 1. The van der Waals surface area contributed by atoms with Gasteiger partial charge in [-0.05, 0) is 44.1 Å². The number of rotatable bonds is 3. The minimum absolute atomic E-state index is 0.281. The Morgan fingerprint density at radius 2 is 2.04 bits per heavy atom. The summed E-state index contributed by atoms with van der Waals surface area (Å²) >= 11 is 0. The average molecular weight is 336 g/mol. The van der Waals surface area contributed by atoms with Crippen LogP contribution in [0.3, 0.4) is 0 Å². The van der Waals surface area contributed by atoms with E-state index < -0.39 is 20.5 Å². The van der Waals surface area contributed by atoms with Crippen LogP contribution >= 0.6 is 0 Å². The van der Waals surface area contributed by atoms with Crippen LogP contribution in [0.25, 0.3) is 11.0 Å². The summed E-state index contributed by atoms with van der Waals surface area (Å²) in [6, 6.07) is 5.37.